The number of esters is 1. The van der Waals surface area contributed by atoms with Crippen molar-refractivity contribution in [2.75, 3.05) is 0 Å². The number of nitrogens with one attached hydrogen (secondary N) is 1. The van der Waals surface area contributed by atoms with E-state index in [1.54, 1.807) is 6.92 Å². The van der Waals surface area contributed by atoms with Crippen molar-refractivity contribution in [1.82, 2.24) is 5.32 Å². The zero-order chi connectivity index (χ0) is 11.1. The second-order valence-electron chi connectivity index (χ2n) is 2.66. The number of hydrogen-bond donors (Lipinski definition) is 1. The highest BCUT2D eigenvalue weighted by Gasteiger charge is 2.11. The first kappa shape index (κ1) is 12.3. The minimum Gasteiger partial charge on any atom is -0.439 e. The van der Waals surface area contributed by atoms with Crippen LogP contribution in [0.3, 0.4) is 0 Å². The van der Waals surface area contributed by atoms with Crippen molar-refractivity contribution in [2.45, 2.75) is 27.0 Å². The molecule has 0 aliphatic heterocycles. The molecular formula is C9H14N2O3. The molecule has 0 saturated heterocycles. The smallest absolute Gasteiger partial charge is 0.343 e. The lowest BCUT2D eigenvalue weighted by Crippen LogP contribution is -2.34. The molecule has 14 heavy (non-hydrogen) atoms. The molecule has 5 nitrogen and oxygen atoms in total. The van der Waals surface area contributed by atoms with Crippen molar-refractivity contribution in [2.24, 2.45) is 4.99 Å². The fraction of sp³-hybridized carbons (Fsp3) is 0.444. The largest absolute Gasteiger partial charge is 0.439 e. The minimum atomic E-state index is -0.713. The predicted molar refractivity (Wildman–Crippen MR) is 53.1 cm³/mol. The molecule has 0 aromatic heterocycles. The molecule has 5 heteroatoms. The van der Waals surface area contributed by atoms with Gasteiger partial charge in [0.15, 0.2) is 6.23 Å². The third-order valence-electron chi connectivity index (χ3n) is 1.21. The lowest BCUT2D eigenvalue weighted by Gasteiger charge is -2.12. The normalized spacial score (nSPS) is 12.2. The molecule has 0 fully saturated rings. The molecule has 0 radical (unpaired) electrons. The summed E-state index contributed by atoms with van der Waals surface area (Å²) in [5, 5.41) is 2.35. The molecule has 0 heterocycles. The Morgan fingerprint density at radius 2 is 2.14 bits per heavy atom. The van der Waals surface area contributed by atoms with E-state index in [-0.39, 0.29) is 5.57 Å². The number of carbonyl (C=O) groups is 2. The van der Waals surface area contributed by atoms with Crippen molar-refractivity contribution in [3.63, 3.8) is 0 Å². The number of nitrogens with zero attached hydrogens (tertiary/aromatic N) is 1. The highest BCUT2D eigenvalue weighted by atomic mass is 16.6. The summed E-state index contributed by atoms with van der Waals surface area (Å²) in [6.07, 6.45) is 0.637. The molecule has 0 spiro atoms. The Labute approximate surface area is 82.9 Å². The minimum absolute atomic E-state index is 0.282. The van der Waals surface area contributed by atoms with Crippen LogP contribution in [-0.2, 0) is 9.53 Å². The van der Waals surface area contributed by atoms with Gasteiger partial charge in [-0.2, -0.15) is 0 Å². The van der Waals surface area contributed by atoms with Gasteiger partial charge in [0.05, 0.1) is 0 Å². The van der Waals surface area contributed by atoms with Gasteiger partial charge in [0.25, 0.3) is 0 Å². The summed E-state index contributed by atoms with van der Waals surface area (Å²) in [6.45, 7) is 8.08. The van der Waals surface area contributed by atoms with Gasteiger partial charge >= 0.3 is 12.0 Å². The quantitative estimate of drug-likeness (QED) is 0.321. The third-order valence-corrected chi connectivity index (χ3v) is 1.21. The van der Waals surface area contributed by atoms with Crippen LogP contribution in [-0.4, -0.2) is 24.4 Å². The number of aliphatic imine (C=N–C) groups is 1. The van der Waals surface area contributed by atoms with Gasteiger partial charge in [-0.05, 0) is 20.8 Å². The molecule has 1 N–H and O–H groups in total. The summed E-state index contributed by atoms with van der Waals surface area (Å²) in [7, 11) is 0. The van der Waals surface area contributed by atoms with Crippen LogP contribution in [0.1, 0.15) is 20.8 Å². The topological polar surface area (TPSA) is 67.8 Å². The van der Waals surface area contributed by atoms with Gasteiger partial charge < -0.3 is 10.1 Å². The maximum atomic E-state index is 11.0. The summed E-state index contributed by atoms with van der Waals surface area (Å²) in [5.41, 5.74) is 0.282. The first-order valence-corrected chi connectivity index (χ1v) is 4.13. The van der Waals surface area contributed by atoms with E-state index < -0.39 is 18.2 Å². The number of hydrogen-bond acceptors (Lipinski definition) is 3. The lowest BCUT2D eigenvalue weighted by atomic mass is 10.4. The first-order chi connectivity index (χ1) is 6.47. The van der Waals surface area contributed by atoms with Crippen molar-refractivity contribution in [3.8, 4) is 0 Å². The van der Waals surface area contributed by atoms with Crippen LogP contribution in [0.15, 0.2) is 17.1 Å². The number of rotatable bonds is 3. The monoisotopic (exact) mass is 198 g/mol. The average molecular weight is 198 g/mol. The van der Waals surface area contributed by atoms with E-state index in [1.807, 2.05) is 0 Å². The summed E-state index contributed by atoms with van der Waals surface area (Å²) in [4.78, 5) is 25.3. The molecule has 1 unspecified atom stereocenters. The van der Waals surface area contributed by atoms with Crippen molar-refractivity contribution in [1.29, 1.82) is 0 Å². The summed E-state index contributed by atoms with van der Waals surface area (Å²) in [5.74, 6) is -0.543. The van der Waals surface area contributed by atoms with Crippen LogP contribution in [0.25, 0.3) is 0 Å². The highest BCUT2D eigenvalue weighted by Crippen LogP contribution is 1.95. The Kier molecular flexibility index (Phi) is 5.21. The molecule has 0 bridgehead atoms. The van der Waals surface area contributed by atoms with Crippen LogP contribution in [0.4, 0.5) is 4.79 Å². The van der Waals surface area contributed by atoms with Gasteiger partial charge in [0.2, 0.25) is 0 Å². The van der Waals surface area contributed by atoms with Crippen LogP contribution in [0.2, 0.25) is 0 Å². The van der Waals surface area contributed by atoms with E-state index in [1.165, 1.54) is 20.1 Å². The molecular weight excluding hydrogens is 184 g/mol. The van der Waals surface area contributed by atoms with E-state index in [0.29, 0.717) is 0 Å². The van der Waals surface area contributed by atoms with Crippen LogP contribution in [0.5, 0.6) is 0 Å². The second-order valence-corrected chi connectivity index (χ2v) is 2.66. The van der Waals surface area contributed by atoms with Crippen LogP contribution >= 0.6 is 0 Å². The molecule has 0 aliphatic carbocycles. The Balaban J connectivity index is 3.98. The van der Waals surface area contributed by atoms with Gasteiger partial charge in [-0.1, -0.05) is 6.58 Å². The van der Waals surface area contributed by atoms with E-state index in [2.05, 4.69) is 16.9 Å². The van der Waals surface area contributed by atoms with Gasteiger partial charge in [-0.3, -0.25) is 0 Å². The molecule has 0 aliphatic rings. The van der Waals surface area contributed by atoms with Gasteiger partial charge in [0.1, 0.15) is 0 Å². The number of ether oxygens (including phenoxy) is 1. The van der Waals surface area contributed by atoms with E-state index in [4.69, 9.17) is 4.74 Å². The average Bonchev–Trinajstić information content (AvgIpc) is 2.03. The molecule has 0 aromatic carbocycles. The zero-order valence-electron chi connectivity index (χ0n) is 8.53. The lowest BCUT2D eigenvalue weighted by molar-refractivity contribution is -0.144. The first-order valence-electron chi connectivity index (χ1n) is 4.13. The maximum absolute atomic E-state index is 11.0. The van der Waals surface area contributed by atoms with E-state index in [9.17, 15) is 9.59 Å². The Morgan fingerprint density at radius 3 is 2.57 bits per heavy atom. The fourth-order valence-electron chi connectivity index (χ4n) is 0.619. The number of urea groups is 1. The highest BCUT2D eigenvalue weighted by molar-refractivity contribution is 5.87. The maximum Gasteiger partial charge on any atom is 0.343 e. The predicted octanol–water partition coefficient (Wildman–Crippen LogP) is 1.25. The summed E-state index contributed by atoms with van der Waals surface area (Å²) < 4.78 is 4.78. The summed E-state index contributed by atoms with van der Waals surface area (Å²) in [6, 6.07) is -0.547. The molecule has 0 saturated carbocycles. The van der Waals surface area contributed by atoms with E-state index >= 15 is 0 Å². The van der Waals surface area contributed by atoms with Crippen molar-refractivity contribution in [3.05, 3.63) is 12.2 Å². The Bertz CT molecular complexity index is 271. The Morgan fingerprint density at radius 1 is 1.57 bits per heavy atom. The molecule has 2 amide bonds. The number of carbonyl (C=O) groups excluding carboxylic acids is 2. The van der Waals surface area contributed by atoms with Crippen LogP contribution < -0.4 is 5.32 Å². The SMILES string of the molecule is C=C(C)C(=O)OC(C)NC(=O)N=CC. The van der Waals surface area contributed by atoms with Crippen LogP contribution in [0, 0.1) is 0 Å². The third kappa shape index (κ3) is 5.08. The van der Waals surface area contributed by atoms with Crippen molar-refractivity contribution >= 4 is 18.2 Å². The van der Waals surface area contributed by atoms with Gasteiger partial charge in [-0.25, -0.2) is 14.6 Å². The molecule has 78 valence electrons. The van der Waals surface area contributed by atoms with Gasteiger partial charge in [-0.15, -0.1) is 0 Å². The molecule has 0 aromatic rings. The second kappa shape index (κ2) is 5.90. The number of amides is 2. The molecule has 0 rings (SSSR count). The van der Waals surface area contributed by atoms with E-state index in [0.717, 1.165) is 0 Å². The summed E-state index contributed by atoms with van der Waals surface area (Å²) >= 11 is 0. The standard InChI is InChI=1S/C9H14N2O3/c1-5-10-9(13)11-7(4)14-8(12)6(2)3/h5,7H,2H2,1,3-4H3,(H,11,13). The Hall–Kier alpha value is -1.65. The molecule has 1 atom stereocenters. The zero-order valence-corrected chi connectivity index (χ0v) is 8.53. The van der Waals surface area contributed by atoms with Crippen molar-refractivity contribution < 1.29 is 14.3 Å². The fourth-order valence-corrected chi connectivity index (χ4v) is 0.619. The van der Waals surface area contributed by atoms with Gasteiger partial charge in [0, 0.05) is 11.8 Å².